The number of hydrogen-bond donors (Lipinski definition) is 0. The second kappa shape index (κ2) is 5.69. The topological polar surface area (TPSA) is 64.4 Å². The average Bonchev–Trinajstić information content (AvgIpc) is 2.95. The Hall–Kier alpha value is -2.11. The van der Waals surface area contributed by atoms with E-state index in [1.807, 2.05) is 0 Å². The van der Waals surface area contributed by atoms with E-state index in [0.29, 0.717) is 18.8 Å². The molecule has 1 aliphatic heterocycles. The molecule has 0 saturated carbocycles. The third-order valence-electron chi connectivity index (χ3n) is 3.33. The van der Waals surface area contributed by atoms with Gasteiger partial charge in [0.25, 0.3) is 0 Å². The van der Waals surface area contributed by atoms with Gasteiger partial charge in [-0.2, -0.15) is 5.10 Å². The number of nitrogens with zero attached hydrogens (tertiary/aromatic N) is 3. The van der Waals surface area contributed by atoms with E-state index >= 15 is 0 Å². The van der Waals surface area contributed by atoms with Crippen LogP contribution >= 0.6 is 0 Å². The summed E-state index contributed by atoms with van der Waals surface area (Å²) in [6.45, 7) is 4.85. The number of rotatable bonds is 3. The van der Waals surface area contributed by atoms with Crippen molar-refractivity contribution in [3.63, 3.8) is 0 Å². The third kappa shape index (κ3) is 2.83. The Bertz CT molecular complexity index is 487. The fourth-order valence-electron chi connectivity index (χ4n) is 2.23. The molecule has 0 aliphatic carbocycles. The molecule has 0 atom stereocenters. The SMILES string of the molecule is C=CC(=O)N1CCC(n2ccc(C(=O)OC)n2)CC1. The maximum Gasteiger partial charge on any atom is 0.358 e. The minimum Gasteiger partial charge on any atom is -0.464 e. The standard InChI is InChI=1S/C13H17N3O3/c1-3-12(17)15-7-4-10(5-8-15)16-9-6-11(14-16)13(18)19-2/h3,6,9-10H,1,4-5,7-8H2,2H3. The van der Waals surface area contributed by atoms with Crippen LogP contribution in [0.5, 0.6) is 0 Å². The lowest BCUT2D eigenvalue weighted by molar-refractivity contribution is -0.127. The molecule has 1 aromatic rings. The first-order chi connectivity index (χ1) is 9.15. The number of methoxy groups -OCH3 is 1. The van der Waals surface area contributed by atoms with Gasteiger partial charge in [0.2, 0.25) is 5.91 Å². The Morgan fingerprint density at radius 3 is 2.74 bits per heavy atom. The van der Waals surface area contributed by atoms with Crippen molar-refractivity contribution in [1.29, 1.82) is 0 Å². The lowest BCUT2D eigenvalue weighted by atomic mass is 10.1. The number of likely N-dealkylation sites (tertiary alicyclic amines) is 1. The maximum absolute atomic E-state index is 11.5. The van der Waals surface area contributed by atoms with E-state index in [9.17, 15) is 9.59 Å². The number of esters is 1. The Kier molecular flexibility index (Phi) is 3.99. The largest absolute Gasteiger partial charge is 0.464 e. The van der Waals surface area contributed by atoms with Gasteiger partial charge in [-0.05, 0) is 25.0 Å². The molecule has 19 heavy (non-hydrogen) atoms. The molecule has 1 amide bonds. The van der Waals surface area contributed by atoms with Gasteiger partial charge in [0.15, 0.2) is 5.69 Å². The summed E-state index contributed by atoms with van der Waals surface area (Å²) >= 11 is 0. The molecule has 0 N–H and O–H groups in total. The molecule has 0 unspecified atom stereocenters. The van der Waals surface area contributed by atoms with Gasteiger partial charge in [-0.25, -0.2) is 4.79 Å². The minimum atomic E-state index is -0.432. The smallest absolute Gasteiger partial charge is 0.358 e. The van der Waals surface area contributed by atoms with Gasteiger partial charge in [0, 0.05) is 19.3 Å². The van der Waals surface area contributed by atoms with Crippen LogP contribution in [0.4, 0.5) is 0 Å². The van der Waals surface area contributed by atoms with Crippen molar-refractivity contribution in [3.8, 4) is 0 Å². The minimum absolute atomic E-state index is 0.0332. The fraction of sp³-hybridized carbons (Fsp3) is 0.462. The molecule has 0 radical (unpaired) electrons. The average molecular weight is 263 g/mol. The lowest BCUT2D eigenvalue weighted by Gasteiger charge is -2.31. The van der Waals surface area contributed by atoms with Crippen molar-refractivity contribution in [1.82, 2.24) is 14.7 Å². The summed E-state index contributed by atoms with van der Waals surface area (Å²) in [6, 6.07) is 1.86. The zero-order chi connectivity index (χ0) is 13.8. The van der Waals surface area contributed by atoms with Gasteiger partial charge < -0.3 is 9.64 Å². The van der Waals surface area contributed by atoms with Crippen molar-refractivity contribution >= 4 is 11.9 Å². The number of piperidine rings is 1. The number of ether oxygens (including phenoxy) is 1. The summed E-state index contributed by atoms with van der Waals surface area (Å²) in [4.78, 5) is 24.6. The monoisotopic (exact) mass is 263 g/mol. The van der Waals surface area contributed by atoms with Crippen LogP contribution in [0.1, 0.15) is 29.4 Å². The van der Waals surface area contributed by atoms with Gasteiger partial charge in [-0.1, -0.05) is 6.58 Å². The third-order valence-corrected chi connectivity index (χ3v) is 3.33. The highest BCUT2D eigenvalue weighted by Crippen LogP contribution is 2.22. The van der Waals surface area contributed by atoms with Crippen LogP contribution in [-0.4, -0.2) is 46.8 Å². The number of carbonyl (C=O) groups is 2. The van der Waals surface area contributed by atoms with Gasteiger partial charge in [-0.3, -0.25) is 9.48 Å². The van der Waals surface area contributed by atoms with Crippen molar-refractivity contribution < 1.29 is 14.3 Å². The van der Waals surface area contributed by atoms with Crippen molar-refractivity contribution in [3.05, 3.63) is 30.6 Å². The van der Waals surface area contributed by atoms with E-state index in [0.717, 1.165) is 12.8 Å². The molecule has 1 aliphatic rings. The quantitative estimate of drug-likeness (QED) is 0.603. The highest BCUT2D eigenvalue weighted by Gasteiger charge is 2.23. The highest BCUT2D eigenvalue weighted by atomic mass is 16.5. The Morgan fingerprint density at radius 2 is 2.16 bits per heavy atom. The summed E-state index contributed by atoms with van der Waals surface area (Å²) in [5, 5.41) is 4.21. The van der Waals surface area contributed by atoms with E-state index in [4.69, 9.17) is 0 Å². The van der Waals surface area contributed by atoms with E-state index < -0.39 is 5.97 Å². The van der Waals surface area contributed by atoms with Crippen molar-refractivity contribution in [2.75, 3.05) is 20.2 Å². The summed E-state index contributed by atoms with van der Waals surface area (Å²) < 4.78 is 6.40. The Balaban J connectivity index is 1.98. The number of aromatic nitrogens is 2. The second-order valence-corrected chi connectivity index (χ2v) is 4.43. The molecule has 0 spiro atoms. The van der Waals surface area contributed by atoms with Gasteiger partial charge in [0.05, 0.1) is 13.2 Å². The van der Waals surface area contributed by atoms with Gasteiger partial charge in [0.1, 0.15) is 0 Å². The molecule has 6 nitrogen and oxygen atoms in total. The summed E-state index contributed by atoms with van der Waals surface area (Å²) in [5.74, 6) is -0.466. The lowest BCUT2D eigenvalue weighted by Crippen LogP contribution is -2.38. The molecule has 1 fully saturated rings. The molecule has 2 heterocycles. The van der Waals surface area contributed by atoms with E-state index in [1.54, 1.807) is 21.8 Å². The zero-order valence-corrected chi connectivity index (χ0v) is 10.9. The van der Waals surface area contributed by atoms with Crippen LogP contribution in [-0.2, 0) is 9.53 Å². The van der Waals surface area contributed by atoms with E-state index in [2.05, 4.69) is 16.4 Å². The Labute approximate surface area is 111 Å². The second-order valence-electron chi connectivity index (χ2n) is 4.43. The van der Waals surface area contributed by atoms with Crippen LogP contribution in [0.2, 0.25) is 0 Å². The molecule has 0 aromatic carbocycles. The molecular formula is C13H17N3O3. The molecular weight excluding hydrogens is 246 g/mol. The summed E-state index contributed by atoms with van der Waals surface area (Å²) in [5.41, 5.74) is 0.312. The normalized spacial score (nSPS) is 16.2. The number of amides is 1. The van der Waals surface area contributed by atoms with Crippen LogP contribution in [0.15, 0.2) is 24.9 Å². The van der Waals surface area contributed by atoms with E-state index in [1.165, 1.54) is 13.2 Å². The van der Waals surface area contributed by atoms with Crippen LogP contribution in [0.3, 0.4) is 0 Å². The van der Waals surface area contributed by atoms with Crippen molar-refractivity contribution in [2.24, 2.45) is 0 Å². The zero-order valence-electron chi connectivity index (χ0n) is 10.9. The highest BCUT2D eigenvalue weighted by molar-refractivity contribution is 5.87. The molecule has 6 heteroatoms. The molecule has 1 aromatic heterocycles. The first-order valence-corrected chi connectivity index (χ1v) is 6.20. The molecule has 2 rings (SSSR count). The number of hydrogen-bond acceptors (Lipinski definition) is 4. The van der Waals surface area contributed by atoms with Crippen LogP contribution in [0.25, 0.3) is 0 Å². The predicted octanol–water partition coefficient (Wildman–Crippen LogP) is 1.02. The van der Waals surface area contributed by atoms with Crippen LogP contribution in [0, 0.1) is 0 Å². The molecule has 1 saturated heterocycles. The van der Waals surface area contributed by atoms with E-state index in [-0.39, 0.29) is 11.9 Å². The maximum atomic E-state index is 11.5. The first kappa shape index (κ1) is 13.3. The summed E-state index contributed by atoms with van der Waals surface area (Å²) in [6.07, 6.45) is 4.76. The molecule has 0 bridgehead atoms. The summed E-state index contributed by atoms with van der Waals surface area (Å²) in [7, 11) is 1.33. The molecule has 102 valence electrons. The predicted molar refractivity (Wildman–Crippen MR) is 68.6 cm³/mol. The van der Waals surface area contributed by atoms with Gasteiger partial charge >= 0.3 is 5.97 Å². The first-order valence-electron chi connectivity index (χ1n) is 6.20. The van der Waals surface area contributed by atoms with Crippen LogP contribution < -0.4 is 0 Å². The van der Waals surface area contributed by atoms with Crippen molar-refractivity contribution in [2.45, 2.75) is 18.9 Å². The fourth-order valence-corrected chi connectivity index (χ4v) is 2.23. The van der Waals surface area contributed by atoms with Gasteiger partial charge in [-0.15, -0.1) is 0 Å². The Morgan fingerprint density at radius 1 is 1.47 bits per heavy atom. The number of carbonyl (C=O) groups excluding carboxylic acids is 2.